The van der Waals surface area contributed by atoms with Gasteiger partial charge in [-0.25, -0.2) is 8.78 Å². The van der Waals surface area contributed by atoms with Crippen LogP contribution < -0.4 is 22.1 Å². The fourth-order valence-electron chi connectivity index (χ4n) is 3.66. The Morgan fingerprint density at radius 3 is 2.48 bits per heavy atom. The minimum Gasteiger partial charge on any atom is -0.382 e. The number of carbonyl (C=O) groups is 1. The molecule has 0 fully saturated rings. The maximum atomic E-state index is 14.5. The fraction of sp³-hybridized carbons (Fsp3) is 0.480. The van der Waals surface area contributed by atoms with Crippen LogP contribution in [0.1, 0.15) is 43.7 Å². The Balaban J connectivity index is 1.90. The molecule has 2 aromatic carbocycles. The predicted octanol–water partition coefficient (Wildman–Crippen LogP) is 2.26. The molecule has 0 saturated carbocycles. The molecule has 0 saturated heterocycles. The van der Waals surface area contributed by atoms with Gasteiger partial charge in [-0.3, -0.25) is 4.79 Å². The highest BCUT2D eigenvalue weighted by atomic mass is 19.1. The van der Waals surface area contributed by atoms with Crippen LogP contribution in [0.4, 0.5) is 8.78 Å². The Morgan fingerprint density at radius 2 is 1.82 bits per heavy atom. The van der Waals surface area contributed by atoms with Gasteiger partial charge in [-0.05, 0) is 54.1 Å². The van der Waals surface area contributed by atoms with Crippen LogP contribution in [0, 0.1) is 17.0 Å². The van der Waals surface area contributed by atoms with E-state index < -0.39 is 23.6 Å². The summed E-state index contributed by atoms with van der Waals surface area (Å²) < 4.78 is 28.4. The van der Waals surface area contributed by atoms with Crippen LogP contribution >= 0.6 is 0 Å². The molecule has 0 heterocycles. The number of amides is 1. The summed E-state index contributed by atoms with van der Waals surface area (Å²) in [6.07, 6.45) is -0.0795. The fourth-order valence-corrected chi connectivity index (χ4v) is 3.66. The maximum absolute atomic E-state index is 14.5. The second-order valence-electron chi connectivity index (χ2n) is 9.22. The molecule has 0 spiro atoms. The average molecular weight is 463 g/mol. The predicted molar refractivity (Wildman–Crippen MR) is 127 cm³/mol. The molecule has 2 rings (SSSR count). The number of aliphatic hydroxyl groups excluding tert-OH is 1. The third-order valence-corrected chi connectivity index (χ3v) is 5.64. The molecule has 0 aromatic heterocycles. The van der Waals surface area contributed by atoms with Crippen molar-refractivity contribution in [1.29, 1.82) is 0 Å². The van der Waals surface area contributed by atoms with E-state index in [1.807, 2.05) is 44.2 Å². The summed E-state index contributed by atoms with van der Waals surface area (Å²) in [5.41, 5.74) is 12.6. The van der Waals surface area contributed by atoms with Gasteiger partial charge in [-0.15, -0.1) is 0 Å². The highest BCUT2D eigenvalue weighted by Crippen LogP contribution is 2.31. The van der Waals surface area contributed by atoms with Crippen LogP contribution in [0.5, 0.6) is 0 Å². The number of benzene rings is 2. The molecule has 6 nitrogen and oxygen atoms in total. The maximum Gasteiger partial charge on any atom is 0.250 e. The molecule has 0 aliphatic carbocycles. The summed E-state index contributed by atoms with van der Waals surface area (Å²) >= 11 is 0. The molecule has 0 bridgehead atoms. The van der Waals surface area contributed by atoms with Crippen molar-refractivity contribution in [2.75, 3.05) is 26.2 Å². The molecule has 182 valence electrons. The van der Waals surface area contributed by atoms with Crippen LogP contribution in [0.2, 0.25) is 0 Å². The van der Waals surface area contributed by atoms with Gasteiger partial charge in [0.1, 0.15) is 17.7 Å². The van der Waals surface area contributed by atoms with Crippen LogP contribution in [0.3, 0.4) is 0 Å². The minimum atomic E-state index is -1.20. The average Bonchev–Trinajstić information content (AvgIpc) is 2.80. The number of carbonyl (C=O) groups excluding carboxylic acids is 1. The third-order valence-electron chi connectivity index (χ3n) is 5.64. The second kappa shape index (κ2) is 12.7. The van der Waals surface area contributed by atoms with Gasteiger partial charge in [0.05, 0.1) is 0 Å². The van der Waals surface area contributed by atoms with Crippen LogP contribution in [-0.2, 0) is 4.79 Å². The number of hydrogen-bond acceptors (Lipinski definition) is 5. The Hall–Kier alpha value is -2.39. The largest absolute Gasteiger partial charge is 0.382 e. The van der Waals surface area contributed by atoms with E-state index in [2.05, 4.69) is 10.6 Å². The number of aliphatic hydroxyl groups is 1. The van der Waals surface area contributed by atoms with E-state index in [0.717, 1.165) is 17.7 Å². The van der Waals surface area contributed by atoms with Crippen molar-refractivity contribution in [1.82, 2.24) is 10.6 Å². The van der Waals surface area contributed by atoms with Crippen molar-refractivity contribution in [3.05, 3.63) is 71.3 Å². The lowest BCUT2D eigenvalue weighted by atomic mass is 9.85. The zero-order valence-electron chi connectivity index (χ0n) is 19.4. The highest BCUT2D eigenvalue weighted by molar-refractivity contribution is 5.80. The topological polar surface area (TPSA) is 113 Å². The number of nitrogens with two attached hydrogens (primary N) is 2. The van der Waals surface area contributed by atoms with Crippen LogP contribution in [0.25, 0.3) is 0 Å². The van der Waals surface area contributed by atoms with Gasteiger partial charge in [0, 0.05) is 31.6 Å². The summed E-state index contributed by atoms with van der Waals surface area (Å²) in [5.74, 6) is -1.75. The molecule has 2 aromatic rings. The van der Waals surface area contributed by atoms with Crippen molar-refractivity contribution >= 4 is 5.91 Å². The van der Waals surface area contributed by atoms with Crippen molar-refractivity contribution in [3.8, 4) is 0 Å². The third kappa shape index (κ3) is 8.81. The lowest BCUT2D eigenvalue weighted by Gasteiger charge is -2.27. The van der Waals surface area contributed by atoms with E-state index in [0.29, 0.717) is 38.0 Å². The molecule has 8 heteroatoms. The molecule has 3 unspecified atom stereocenters. The van der Waals surface area contributed by atoms with Gasteiger partial charge < -0.3 is 27.2 Å². The van der Waals surface area contributed by atoms with Crippen LogP contribution in [-0.4, -0.2) is 49.3 Å². The van der Waals surface area contributed by atoms with E-state index in [-0.39, 0.29) is 23.9 Å². The van der Waals surface area contributed by atoms with Crippen molar-refractivity contribution < 1.29 is 18.7 Å². The normalized spacial score (nSPS) is 14.5. The van der Waals surface area contributed by atoms with E-state index >= 15 is 0 Å². The van der Waals surface area contributed by atoms with Gasteiger partial charge in [0.15, 0.2) is 0 Å². The summed E-state index contributed by atoms with van der Waals surface area (Å²) in [4.78, 5) is 11.7. The van der Waals surface area contributed by atoms with Gasteiger partial charge in [-0.1, -0.05) is 44.2 Å². The Morgan fingerprint density at radius 1 is 1.12 bits per heavy atom. The zero-order chi connectivity index (χ0) is 24.4. The van der Waals surface area contributed by atoms with Gasteiger partial charge in [0.2, 0.25) is 5.91 Å². The molecular weight excluding hydrogens is 426 g/mol. The first-order valence-electron chi connectivity index (χ1n) is 11.2. The quantitative estimate of drug-likeness (QED) is 0.293. The first kappa shape index (κ1) is 26.9. The van der Waals surface area contributed by atoms with Gasteiger partial charge in [0.25, 0.3) is 0 Å². The SMILES string of the molecule is CC(C)(CNCCC(N)CC(c1ccccc1)c1cc(F)ccc1F)CNC(=O)C(O)CN. The Bertz CT molecular complexity index is 880. The minimum absolute atomic E-state index is 0.119. The summed E-state index contributed by atoms with van der Waals surface area (Å²) in [6, 6.07) is 12.7. The number of rotatable bonds is 13. The summed E-state index contributed by atoms with van der Waals surface area (Å²) in [6.45, 7) is 5.51. The van der Waals surface area contributed by atoms with E-state index in [4.69, 9.17) is 11.5 Å². The zero-order valence-corrected chi connectivity index (χ0v) is 19.4. The molecule has 7 N–H and O–H groups in total. The molecule has 0 radical (unpaired) electrons. The molecule has 0 aliphatic rings. The molecule has 33 heavy (non-hydrogen) atoms. The monoisotopic (exact) mass is 462 g/mol. The number of hydrogen-bond donors (Lipinski definition) is 5. The van der Waals surface area contributed by atoms with E-state index in [1.54, 1.807) is 0 Å². The number of nitrogens with one attached hydrogen (secondary N) is 2. The first-order valence-corrected chi connectivity index (χ1v) is 11.2. The second-order valence-corrected chi connectivity index (χ2v) is 9.22. The van der Waals surface area contributed by atoms with Crippen molar-refractivity contribution in [3.63, 3.8) is 0 Å². The van der Waals surface area contributed by atoms with Crippen molar-refractivity contribution in [2.45, 2.75) is 44.8 Å². The lowest BCUT2D eigenvalue weighted by molar-refractivity contribution is -0.129. The van der Waals surface area contributed by atoms with Crippen molar-refractivity contribution in [2.24, 2.45) is 16.9 Å². The standard InChI is InChI=1S/C25H36F2N4O2/c1-25(2,16-31-24(33)23(32)14-28)15-30-11-10-19(29)13-20(17-6-4-3-5-7-17)21-12-18(26)8-9-22(21)27/h3-9,12,19-20,23,30,32H,10-11,13-16,28-29H2,1-2H3,(H,31,33). The number of halogens is 2. The summed E-state index contributed by atoms with van der Waals surface area (Å²) in [7, 11) is 0. The summed E-state index contributed by atoms with van der Waals surface area (Å²) in [5, 5.41) is 15.5. The van der Waals surface area contributed by atoms with E-state index in [9.17, 15) is 18.7 Å². The van der Waals surface area contributed by atoms with Gasteiger partial charge in [-0.2, -0.15) is 0 Å². The van der Waals surface area contributed by atoms with E-state index in [1.165, 1.54) is 6.07 Å². The molecule has 1 amide bonds. The molecule has 0 aliphatic heterocycles. The molecular formula is C25H36F2N4O2. The first-order chi connectivity index (χ1) is 15.6. The Kier molecular flexibility index (Phi) is 10.4. The van der Waals surface area contributed by atoms with Gasteiger partial charge >= 0.3 is 0 Å². The smallest absolute Gasteiger partial charge is 0.250 e. The highest BCUT2D eigenvalue weighted by Gasteiger charge is 2.23. The lowest BCUT2D eigenvalue weighted by Crippen LogP contribution is -2.45. The molecule has 3 atom stereocenters. The Labute approximate surface area is 194 Å². The van der Waals surface area contributed by atoms with Crippen LogP contribution in [0.15, 0.2) is 48.5 Å².